The maximum atomic E-state index is 12.9. The Morgan fingerprint density at radius 1 is 1.00 bits per heavy atom. The Morgan fingerprint density at radius 2 is 1.74 bits per heavy atom. The van der Waals surface area contributed by atoms with Crippen molar-refractivity contribution in [2.75, 3.05) is 51.1 Å². The number of piperazine rings is 1. The van der Waals surface area contributed by atoms with Crippen molar-refractivity contribution in [1.82, 2.24) is 25.0 Å². The lowest BCUT2D eigenvalue weighted by atomic mass is 10.2. The first-order chi connectivity index (χ1) is 19.0. The van der Waals surface area contributed by atoms with E-state index in [0.29, 0.717) is 47.9 Å². The number of nitrogens with zero attached hydrogens (tertiary/aromatic N) is 5. The molecule has 2 aromatic carbocycles. The SMILES string of the molecule is CCn1c(CNC(=O)C=Cc2ccc(OC)c(OC)c2)nnc1SCC(=O)N1CCN(c2ccccc2)CC1. The van der Waals surface area contributed by atoms with Crippen LogP contribution in [0.5, 0.6) is 11.5 Å². The Bertz CT molecular complexity index is 1290. The molecule has 1 aliphatic heterocycles. The number of benzene rings is 2. The summed E-state index contributed by atoms with van der Waals surface area (Å²) in [5, 5.41) is 12.0. The first-order valence-electron chi connectivity index (χ1n) is 12.8. The van der Waals surface area contributed by atoms with E-state index in [1.54, 1.807) is 32.4 Å². The van der Waals surface area contributed by atoms with Gasteiger partial charge < -0.3 is 29.2 Å². The first kappa shape index (κ1) is 28.0. The number of ether oxygens (including phenoxy) is 2. The number of anilines is 1. The molecule has 1 saturated heterocycles. The average molecular weight is 551 g/mol. The molecule has 206 valence electrons. The Hall–Kier alpha value is -3.99. The largest absolute Gasteiger partial charge is 0.493 e. The number of amides is 2. The minimum Gasteiger partial charge on any atom is -0.493 e. The minimum atomic E-state index is -0.255. The number of carbonyl (C=O) groups is 2. The number of carbonyl (C=O) groups excluding carboxylic acids is 2. The van der Waals surface area contributed by atoms with Gasteiger partial charge in [0.1, 0.15) is 0 Å². The summed E-state index contributed by atoms with van der Waals surface area (Å²) in [6.45, 7) is 5.87. The summed E-state index contributed by atoms with van der Waals surface area (Å²) in [6.07, 6.45) is 3.16. The van der Waals surface area contributed by atoms with Gasteiger partial charge in [-0.1, -0.05) is 36.0 Å². The zero-order chi connectivity index (χ0) is 27.6. The van der Waals surface area contributed by atoms with Crippen LogP contribution in [0.2, 0.25) is 0 Å². The summed E-state index contributed by atoms with van der Waals surface area (Å²) in [7, 11) is 3.14. The molecule has 1 fully saturated rings. The molecule has 39 heavy (non-hydrogen) atoms. The molecule has 1 aliphatic rings. The second-order valence-electron chi connectivity index (χ2n) is 8.80. The Balaban J connectivity index is 1.25. The Labute approximate surface area is 233 Å². The number of nitrogens with one attached hydrogen (secondary N) is 1. The van der Waals surface area contributed by atoms with Crippen molar-refractivity contribution in [3.8, 4) is 11.5 Å². The van der Waals surface area contributed by atoms with Crippen LogP contribution in [0.4, 0.5) is 5.69 Å². The van der Waals surface area contributed by atoms with Gasteiger partial charge in [0.15, 0.2) is 22.5 Å². The molecule has 1 N–H and O–H groups in total. The lowest BCUT2D eigenvalue weighted by Gasteiger charge is -2.36. The van der Waals surface area contributed by atoms with Crippen LogP contribution < -0.4 is 19.7 Å². The molecular formula is C28H34N6O4S. The second-order valence-corrected chi connectivity index (χ2v) is 9.74. The van der Waals surface area contributed by atoms with Crippen LogP contribution in [0.3, 0.4) is 0 Å². The number of rotatable bonds is 11. The fraction of sp³-hybridized carbons (Fsp3) is 0.357. The van der Waals surface area contributed by atoms with Crippen LogP contribution in [0, 0.1) is 0 Å². The highest BCUT2D eigenvalue weighted by Crippen LogP contribution is 2.28. The van der Waals surface area contributed by atoms with Crippen molar-refractivity contribution >= 4 is 35.3 Å². The summed E-state index contributed by atoms with van der Waals surface area (Å²) in [4.78, 5) is 29.5. The van der Waals surface area contributed by atoms with Gasteiger partial charge in [-0.3, -0.25) is 9.59 Å². The van der Waals surface area contributed by atoms with Crippen LogP contribution in [0.15, 0.2) is 59.8 Å². The van der Waals surface area contributed by atoms with Gasteiger partial charge in [0, 0.05) is 44.5 Å². The predicted molar refractivity (Wildman–Crippen MR) is 152 cm³/mol. The van der Waals surface area contributed by atoms with E-state index in [9.17, 15) is 9.59 Å². The van der Waals surface area contributed by atoms with E-state index < -0.39 is 0 Å². The lowest BCUT2D eigenvalue weighted by Crippen LogP contribution is -2.49. The molecule has 2 amide bonds. The van der Waals surface area contributed by atoms with E-state index in [4.69, 9.17) is 9.47 Å². The number of hydrogen-bond acceptors (Lipinski definition) is 8. The molecule has 11 heteroatoms. The minimum absolute atomic E-state index is 0.0912. The molecule has 0 spiro atoms. The third-order valence-electron chi connectivity index (χ3n) is 6.44. The number of thioether (sulfide) groups is 1. The maximum absolute atomic E-state index is 12.9. The van der Waals surface area contributed by atoms with Crippen LogP contribution in [0.1, 0.15) is 18.3 Å². The molecule has 0 bridgehead atoms. The fourth-order valence-electron chi connectivity index (χ4n) is 4.30. The number of hydrogen-bond donors (Lipinski definition) is 1. The predicted octanol–water partition coefficient (Wildman–Crippen LogP) is 3.09. The Morgan fingerprint density at radius 3 is 2.44 bits per heavy atom. The molecule has 4 rings (SSSR count). The van der Waals surface area contributed by atoms with Crippen molar-refractivity contribution in [2.24, 2.45) is 0 Å². The van der Waals surface area contributed by atoms with Gasteiger partial charge in [0.25, 0.3) is 0 Å². The van der Waals surface area contributed by atoms with Crippen molar-refractivity contribution < 1.29 is 19.1 Å². The van der Waals surface area contributed by atoms with Gasteiger partial charge in [-0.15, -0.1) is 10.2 Å². The van der Waals surface area contributed by atoms with Crippen molar-refractivity contribution in [3.05, 3.63) is 66.0 Å². The molecular weight excluding hydrogens is 516 g/mol. The van der Waals surface area contributed by atoms with Gasteiger partial charge in [0.2, 0.25) is 11.8 Å². The van der Waals surface area contributed by atoms with Gasteiger partial charge in [0.05, 0.1) is 26.5 Å². The van der Waals surface area contributed by atoms with Gasteiger partial charge in [-0.2, -0.15) is 0 Å². The van der Waals surface area contributed by atoms with Crippen LogP contribution >= 0.6 is 11.8 Å². The summed E-state index contributed by atoms with van der Waals surface area (Å²) in [5.74, 6) is 1.98. The van der Waals surface area contributed by atoms with Crippen molar-refractivity contribution in [1.29, 1.82) is 0 Å². The van der Waals surface area contributed by atoms with Crippen molar-refractivity contribution in [2.45, 2.75) is 25.2 Å². The number of methoxy groups -OCH3 is 2. The molecule has 3 aromatic rings. The molecule has 1 aromatic heterocycles. The van der Waals surface area contributed by atoms with Crippen LogP contribution in [-0.4, -0.2) is 77.6 Å². The summed E-state index contributed by atoms with van der Waals surface area (Å²) in [5.41, 5.74) is 2.00. The first-order valence-corrected chi connectivity index (χ1v) is 13.8. The molecule has 0 aliphatic carbocycles. The zero-order valence-electron chi connectivity index (χ0n) is 22.5. The van der Waals surface area contributed by atoms with Gasteiger partial charge in [-0.05, 0) is 42.8 Å². The third-order valence-corrected chi connectivity index (χ3v) is 7.40. The molecule has 0 unspecified atom stereocenters. The second kappa shape index (κ2) is 13.7. The van der Waals surface area contributed by atoms with Crippen LogP contribution in [0.25, 0.3) is 6.08 Å². The Kier molecular flexibility index (Phi) is 9.85. The van der Waals surface area contributed by atoms with E-state index in [2.05, 4.69) is 32.5 Å². The van der Waals surface area contributed by atoms with E-state index in [-0.39, 0.29) is 18.4 Å². The molecule has 0 saturated carbocycles. The molecule has 0 atom stereocenters. The number of aromatic nitrogens is 3. The average Bonchev–Trinajstić information content (AvgIpc) is 3.39. The highest BCUT2D eigenvalue weighted by molar-refractivity contribution is 7.99. The molecule has 2 heterocycles. The van der Waals surface area contributed by atoms with E-state index >= 15 is 0 Å². The zero-order valence-corrected chi connectivity index (χ0v) is 23.3. The smallest absolute Gasteiger partial charge is 0.244 e. The highest BCUT2D eigenvalue weighted by Gasteiger charge is 2.22. The third kappa shape index (κ3) is 7.32. The fourth-order valence-corrected chi connectivity index (χ4v) is 5.22. The van der Waals surface area contributed by atoms with Crippen molar-refractivity contribution in [3.63, 3.8) is 0 Å². The monoisotopic (exact) mass is 550 g/mol. The summed E-state index contributed by atoms with van der Waals surface area (Å²) >= 11 is 1.38. The number of para-hydroxylation sites is 1. The maximum Gasteiger partial charge on any atom is 0.244 e. The van der Waals surface area contributed by atoms with E-state index in [1.165, 1.54) is 23.5 Å². The normalized spacial score (nSPS) is 13.5. The summed E-state index contributed by atoms with van der Waals surface area (Å²) in [6, 6.07) is 15.7. The molecule has 10 nitrogen and oxygen atoms in total. The van der Waals surface area contributed by atoms with E-state index in [0.717, 1.165) is 18.7 Å². The summed E-state index contributed by atoms with van der Waals surface area (Å²) < 4.78 is 12.5. The van der Waals surface area contributed by atoms with Gasteiger partial charge in [-0.25, -0.2) is 0 Å². The highest BCUT2D eigenvalue weighted by atomic mass is 32.2. The quantitative estimate of drug-likeness (QED) is 0.287. The van der Waals surface area contributed by atoms with Crippen LogP contribution in [-0.2, 0) is 22.7 Å². The topological polar surface area (TPSA) is 102 Å². The molecule has 0 radical (unpaired) electrons. The van der Waals surface area contributed by atoms with Gasteiger partial charge >= 0.3 is 0 Å². The standard InChI is InChI=1S/C28H34N6O4S/c1-4-34-25(19-29-26(35)13-11-21-10-12-23(37-2)24(18-21)38-3)30-31-28(34)39-20-27(36)33-16-14-32(15-17-33)22-8-6-5-7-9-22/h5-13,18H,4,14-17,19-20H2,1-3H3,(H,29,35). The lowest BCUT2D eigenvalue weighted by molar-refractivity contribution is -0.128. The van der Waals surface area contributed by atoms with E-state index in [1.807, 2.05) is 40.7 Å².